The van der Waals surface area contributed by atoms with Gasteiger partial charge in [0.15, 0.2) is 0 Å². The molecule has 7 nitrogen and oxygen atoms in total. The van der Waals surface area contributed by atoms with Crippen LogP contribution in [0.25, 0.3) is 11.3 Å². The van der Waals surface area contributed by atoms with Gasteiger partial charge in [0.2, 0.25) is 0 Å². The lowest BCUT2D eigenvalue weighted by molar-refractivity contribution is -0.384. The average molecular weight is 290 g/mol. The van der Waals surface area contributed by atoms with Crippen LogP contribution in [0.5, 0.6) is 0 Å². The molecule has 0 aliphatic carbocycles. The molecule has 1 heterocycles. The van der Waals surface area contributed by atoms with Crippen LogP contribution in [-0.4, -0.2) is 17.6 Å². The Kier molecular flexibility index (Phi) is 4.55. The van der Waals surface area contributed by atoms with Crippen molar-refractivity contribution in [3.63, 3.8) is 0 Å². The number of amides is 1. The molecule has 2 aromatic rings. The van der Waals surface area contributed by atoms with E-state index in [0.29, 0.717) is 18.1 Å². The number of hydrogen-bond acceptors (Lipinski definition) is 5. The van der Waals surface area contributed by atoms with Crippen molar-refractivity contribution in [1.29, 1.82) is 0 Å². The molecule has 0 fully saturated rings. The second kappa shape index (κ2) is 6.56. The van der Waals surface area contributed by atoms with Gasteiger partial charge >= 0.3 is 6.09 Å². The summed E-state index contributed by atoms with van der Waals surface area (Å²) < 4.78 is 10.3. The van der Waals surface area contributed by atoms with Crippen molar-refractivity contribution in [1.82, 2.24) is 5.32 Å². The van der Waals surface area contributed by atoms with Gasteiger partial charge in [-0.25, -0.2) is 4.79 Å². The van der Waals surface area contributed by atoms with E-state index in [1.807, 2.05) is 0 Å². The number of nitro groups is 1. The minimum absolute atomic E-state index is 0.0227. The molecular formula is C14H14N2O5. The van der Waals surface area contributed by atoms with Gasteiger partial charge in [-0.2, -0.15) is 0 Å². The number of hydrogen-bond donors (Lipinski definition) is 1. The highest BCUT2D eigenvalue weighted by Crippen LogP contribution is 2.24. The molecule has 0 aliphatic rings. The second-order valence-corrected chi connectivity index (χ2v) is 4.14. The Balaban J connectivity index is 2.02. The van der Waals surface area contributed by atoms with Gasteiger partial charge in [-0.1, -0.05) is 0 Å². The summed E-state index contributed by atoms with van der Waals surface area (Å²) in [6, 6.07) is 9.51. The molecule has 0 atom stereocenters. The van der Waals surface area contributed by atoms with Crippen LogP contribution >= 0.6 is 0 Å². The van der Waals surface area contributed by atoms with Crippen LogP contribution in [0.15, 0.2) is 40.8 Å². The zero-order valence-corrected chi connectivity index (χ0v) is 11.4. The lowest BCUT2D eigenvalue weighted by Crippen LogP contribution is -2.23. The second-order valence-electron chi connectivity index (χ2n) is 4.14. The molecule has 21 heavy (non-hydrogen) atoms. The van der Waals surface area contributed by atoms with Gasteiger partial charge in [0.1, 0.15) is 11.5 Å². The number of alkyl carbamates (subject to hydrolysis) is 1. The van der Waals surface area contributed by atoms with E-state index in [1.165, 1.54) is 12.1 Å². The maximum atomic E-state index is 11.2. The summed E-state index contributed by atoms with van der Waals surface area (Å²) in [5, 5.41) is 13.1. The van der Waals surface area contributed by atoms with Crippen molar-refractivity contribution < 1.29 is 18.9 Å². The summed E-state index contributed by atoms with van der Waals surface area (Å²) in [5.74, 6) is 1.14. The number of nitro benzene ring substituents is 1. The van der Waals surface area contributed by atoms with Gasteiger partial charge in [0.25, 0.3) is 5.69 Å². The van der Waals surface area contributed by atoms with Gasteiger partial charge in [0.05, 0.1) is 18.1 Å². The van der Waals surface area contributed by atoms with Crippen molar-refractivity contribution in [2.24, 2.45) is 0 Å². The van der Waals surface area contributed by atoms with E-state index < -0.39 is 11.0 Å². The molecular weight excluding hydrogens is 276 g/mol. The minimum atomic E-state index is -0.509. The first-order valence-corrected chi connectivity index (χ1v) is 6.34. The number of nitrogens with one attached hydrogen (secondary N) is 1. The van der Waals surface area contributed by atoms with Gasteiger partial charge in [-0.15, -0.1) is 0 Å². The quantitative estimate of drug-likeness (QED) is 0.674. The minimum Gasteiger partial charge on any atom is -0.459 e. The van der Waals surface area contributed by atoms with E-state index in [1.54, 1.807) is 31.2 Å². The molecule has 1 aromatic heterocycles. The van der Waals surface area contributed by atoms with Crippen LogP contribution in [0.4, 0.5) is 10.5 Å². The molecule has 1 amide bonds. The van der Waals surface area contributed by atoms with E-state index in [9.17, 15) is 14.9 Å². The Morgan fingerprint density at radius 2 is 2.00 bits per heavy atom. The lowest BCUT2D eigenvalue weighted by Gasteiger charge is -2.02. The zero-order chi connectivity index (χ0) is 15.2. The standard InChI is InChI=1S/C14H14N2O5/c1-2-20-14(17)15-9-12-7-8-13(21-12)10-3-5-11(6-4-10)16(18)19/h3-8H,2,9H2,1H3,(H,15,17). The molecule has 2 rings (SSSR count). The summed E-state index contributed by atoms with van der Waals surface area (Å²) >= 11 is 0. The summed E-state index contributed by atoms with van der Waals surface area (Å²) in [5.41, 5.74) is 0.748. The van der Waals surface area contributed by atoms with E-state index in [-0.39, 0.29) is 12.2 Å². The smallest absolute Gasteiger partial charge is 0.407 e. The van der Waals surface area contributed by atoms with Crippen LogP contribution in [0, 0.1) is 10.1 Å². The molecule has 0 saturated carbocycles. The fourth-order valence-electron chi connectivity index (χ4n) is 1.72. The van der Waals surface area contributed by atoms with Crippen molar-refractivity contribution in [3.05, 3.63) is 52.3 Å². The Bertz CT molecular complexity index is 633. The number of nitrogens with zero attached hydrogens (tertiary/aromatic N) is 1. The highest BCUT2D eigenvalue weighted by atomic mass is 16.6. The van der Waals surface area contributed by atoms with Crippen molar-refractivity contribution in [2.45, 2.75) is 13.5 Å². The van der Waals surface area contributed by atoms with E-state index in [2.05, 4.69) is 5.32 Å². The topological polar surface area (TPSA) is 94.6 Å². The summed E-state index contributed by atoms with van der Waals surface area (Å²) in [4.78, 5) is 21.3. The highest BCUT2D eigenvalue weighted by molar-refractivity contribution is 5.67. The maximum absolute atomic E-state index is 11.2. The normalized spacial score (nSPS) is 10.1. The van der Waals surface area contributed by atoms with E-state index in [4.69, 9.17) is 9.15 Å². The van der Waals surface area contributed by atoms with Crippen molar-refractivity contribution >= 4 is 11.8 Å². The third-order valence-corrected chi connectivity index (χ3v) is 2.71. The largest absolute Gasteiger partial charge is 0.459 e. The number of benzene rings is 1. The lowest BCUT2D eigenvalue weighted by atomic mass is 10.1. The molecule has 110 valence electrons. The number of carbonyl (C=O) groups is 1. The fourth-order valence-corrected chi connectivity index (χ4v) is 1.72. The Labute approximate surface area is 120 Å². The Morgan fingerprint density at radius 3 is 2.62 bits per heavy atom. The first-order valence-electron chi connectivity index (χ1n) is 6.34. The number of ether oxygens (including phenoxy) is 1. The van der Waals surface area contributed by atoms with Gasteiger partial charge in [0, 0.05) is 17.7 Å². The average Bonchev–Trinajstić information content (AvgIpc) is 2.94. The third-order valence-electron chi connectivity index (χ3n) is 2.71. The van der Waals surface area contributed by atoms with Crippen LogP contribution in [0.2, 0.25) is 0 Å². The molecule has 7 heteroatoms. The molecule has 0 saturated heterocycles. The van der Waals surface area contributed by atoms with Crippen molar-refractivity contribution in [3.8, 4) is 11.3 Å². The number of non-ortho nitro benzene ring substituents is 1. The molecule has 1 N–H and O–H groups in total. The molecule has 0 unspecified atom stereocenters. The number of carbonyl (C=O) groups excluding carboxylic acids is 1. The molecule has 0 aliphatic heterocycles. The van der Waals surface area contributed by atoms with Crippen molar-refractivity contribution in [2.75, 3.05) is 6.61 Å². The van der Waals surface area contributed by atoms with Gasteiger partial charge < -0.3 is 14.5 Å². The summed E-state index contributed by atoms with van der Waals surface area (Å²) in [6.45, 7) is 2.24. The van der Waals surface area contributed by atoms with Gasteiger partial charge in [-0.05, 0) is 31.2 Å². The SMILES string of the molecule is CCOC(=O)NCc1ccc(-c2ccc([N+](=O)[O-])cc2)o1. The molecule has 0 spiro atoms. The highest BCUT2D eigenvalue weighted by Gasteiger charge is 2.09. The predicted molar refractivity (Wildman–Crippen MR) is 74.7 cm³/mol. The zero-order valence-electron chi connectivity index (χ0n) is 11.4. The number of rotatable bonds is 5. The third kappa shape index (κ3) is 3.82. The van der Waals surface area contributed by atoms with Gasteiger partial charge in [-0.3, -0.25) is 10.1 Å². The monoisotopic (exact) mass is 290 g/mol. The van der Waals surface area contributed by atoms with Crippen LogP contribution in [0.3, 0.4) is 0 Å². The van der Waals surface area contributed by atoms with Crippen LogP contribution in [0.1, 0.15) is 12.7 Å². The van der Waals surface area contributed by atoms with Crippen LogP contribution in [-0.2, 0) is 11.3 Å². The summed E-state index contributed by atoms with van der Waals surface area (Å²) in [7, 11) is 0. The molecule has 1 aromatic carbocycles. The van der Waals surface area contributed by atoms with E-state index >= 15 is 0 Å². The molecule has 0 radical (unpaired) electrons. The van der Waals surface area contributed by atoms with Crippen LogP contribution < -0.4 is 5.32 Å². The Hall–Kier alpha value is -2.83. The fraction of sp³-hybridized carbons (Fsp3) is 0.214. The predicted octanol–water partition coefficient (Wildman–Crippen LogP) is 3.10. The first kappa shape index (κ1) is 14.6. The maximum Gasteiger partial charge on any atom is 0.407 e. The van der Waals surface area contributed by atoms with E-state index in [0.717, 1.165) is 5.56 Å². The number of furan rings is 1. The summed E-state index contributed by atoms with van der Waals surface area (Å²) in [6.07, 6.45) is -0.509. The Morgan fingerprint density at radius 1 is 1.29 bits per heavy atom. The first-order chi connectivity index (χ1) is 10.1. The molecule has 0 bridgehead atoms.